The smallest absolute Gasteiger partial charge is 0.410 e. The minimum Gasteiger partial charge on any atom is -0.410 e. The number of benzene rings is 1. The molecule has 0 radical (unpaired) electrons. The van der Waals surface area contributed by atoms with Crippen LogP contribution < -0.4 is 21.5 Å². The number of hydrogen-bond donors (Lipinski definition) is 3. The third-order valence-electron chi connectivity index (χ3n) is 2.48. The summed E-state index contributed by atoms with van der Waals surface area (Å²) >= 11 is 0. The van der Waals surface area contributed by atoms with E-state index in [0.717, 1.165) is 25.7 Å². The van der Waals surface area contributed by atoms with Crippen molar-refractivity contribution in [3.8, 4) is 5.75 Å². The second-order valence-electron chi connectivity index (χ2n) is 4.09. The Morgan fingerprint density at radius 2 is 1.94 bits per heavy atom. The van der Waals surface area contributed by atoms with Crippen LogP contribution in [0.1, 0.15) is 25.7 Å². The van der Waals surface area contributed by atoms with Crippen LogP contribution in [-0.2, 0) is 0 Å². The molecule has 0 aliphatic rings. The maximum Gasteiger partial charge on any atom is 0.413 e. The fraction of sp³-hybridized carbons (Fsp3) is 0.462. The Balaban J connectivity index is 2.19. The van der Waals surface area contributed by atoms with E-state index in [1.54, 1.807) is 24.3 Å². The van der Waals surface area contributed by atoms with Crippen molar-refractivity contribution in [2.45, 2.75) is 31.8 Å². The molecule has 1 aromatic rings. The summed E-state index contributed by atoms with van der Waals surface area (Å²) in [5.41, 5.74) is 11.2. The second kappa shape index (κ2) is 8.49. The molecule has 18 heavy (non-hydrogen) atoms. The average molecular weight is 251 g/mol. The topological polar surface area (TPSA) is 90.4 Å². The van der Waals surface area contributed by atoms with Gasteiger partial charge in [0.1, 0.15) is 5.75 Å². The minimum absolute atomic E-state index is 0.376. The standard InChI is InChI=1S/C13H21N3O2/c14-10-6-2-5-9-12(15)16-13(17)18-11-7-3-1-4-8-11/h1,3-4,7-8,12H,2,5-6,9-10,14-15H2,(H,16,17). The van der Waals surface area contributed by atoms with Crippen LogP contribution in [0.15, 0.2) is 30.3 Å². The first-order valence-electron chi connectivity index (χ1n) is 6.21. The van der Waals surface area contributed by atoms with Crippen LogP contribution in [0.3, 0.4) is 0 Å². The predicted octanol–water partition coefficient (Wildman–Crippen LogP) is 1.58. The first kappa shape index (κ1) is 14.5. The van der Waals surface area contributed by atoms with Gasteiger partial charge in [0, 0.05) is 0 Å². The predicted molar refractivity (Wildman–Crippen MR) is 71.1 cm³/mol. The Morgan fingerprint density at radius 3 is 2.61 bits per heavy atom. The summed E-state index contributed by atoms with van der Waals surface area (Å²) in [4.78, 5) is 11.5. The molecule has 0 aliphatic heterocycles. The van der Waals surface area contributed by atoms with Crippen LogP contribution in [0.4, 0.5) is 4.79 Å². The van der Waals surface area contributed by atoms with Crippen molar-refractivity contribution in [3.05, 3.63) is 30.3 Å². The average Bonchev–Trinajstić information content (AvgIpc) is 2.35. The monoisotopic (exact) mass is 251 g/mol. The van der Waals surface area contributed by atoms with Gasteiger partial charge in [-0.25, -0.2) is 4.79 Å². The highest BCUT2D eigenvalue weighted by Gasteiger charge is 2.08. The van der Waals surface area contributed by atoms with Gasteiger partial charge >= 0.3 is 6.09 Å². The molecule has 1 amide bonds. The van der Waals surface area contributed by atoms with Crippen molar-refractivity contribution in [1.29, 1.82) is 0 Å². The summed E-state index contributed by atoms with van der Waals surface area (Å²) in [7, 11) is 0. The molecule has 1 rings (SSSR count). The minimum atomic E-state index is -0.521. The molecule has 1 aromatic carbocycles. The van der Waals surface area contributed by atoms with E-state index in [4.69, 9.17) is 16.2 Å². The lowest BCUT2D eigenvalue weighted by atomic mass is 10.1. The van der Waals surface area contributed by atoms with Gasteiger partial charge in [-0.05, 0) is 31.5 Å². The molecule has 0 fully saturated rings. The summed E-state index contributed by atoms with van der Waals surface area (Å²) in [6, 6.07) is 8.89. The molecule has 0 aromatic heterocycles. The van der Waals surface area contributed by atoms with E-state index >= 15 is 0 Å². The van der Waals surface area contributed by atoms with E-state index < -0.39 is 6.09 Å². The zero-order chi connectivity index (χ0) is 13.2. The van der Waals surface area contributed by atoms with E-state index in [2.05, 4.69) is 5.32 Å². The summed E-state index contributed by atoms with van der Waals surface area (Å²) in [5.74, 6) is 0.505. The van der Waals surface area contributed by atoms with E-state index in [1.165, 1.54) is 0 Å². The van der Waals surface area contributed by atoms with Crippen LogP contribution in [0.5, 0.6) is 5.75 Å². The fourth-order valence-electron chi connectivity index (χ4n) is 1.53. The number of carbonyl (C=O) groups is 1. The van der Waals surface area contributed by atoms with E-state index in [-0.39, 0.29) is 6.17 Å². The lowest BCUT2D eigenvalue weighted by molar-refractivity contribution is 0.195. The Hall–Kier alpha value is -1.59. The molecule has 0 spiro atoms. The molecule has 100 valence electrons. The Kier molecular flexibility index (Phi) is 6.83. The van der Waals surface area contributed by atoms with Crippen molar-refractivity contribution in [3.63, 3.8) is 0 Å². The number of carbonyl (C=O) groups excluding carboxylic acids is 1. The molecule has 1 atom stereocenters. The maximum atomic E-state index is 11.5. The van der Waals surface area contributed by atoms with Crippen LogP contribution >= 0.6 is 0 Å². The lowest BCUT2D eigenvalue weighted by Crippen LogP contribution is -2.42. The molecule has 5 N–H and O–H groups in total. The summed E-state index contributed by atoms with van der Waals surface area (Å²) in [6.45, 7) is 0.693. The molecular formula is C13H21N3O2. The Morgan fingerprint density at radius 1 is 1.22 bits per heavy atom. The number of nitrogens with two attached hydrogens (primary N) is 2. The van der Waals surface area contributed by atoms with Crippen LogP contribution in [0.25, 0.3) is 0 Å². The number of para-hydroxylation sites is 1. The third kappa shape index (κ3) is 6.22. The highest BCUT2D eigenvalue weighted by Crippen LogP contribution is 2.08. The van der Waals surface area contributed by atoms with Gasteiger partial charge in [-0.3, -0.25) is 0 Å². The molecule has 1 unspecified atom stereocenters. The quantitative estimate of drug-likeness (QED) is 0.507. The van der Waals surface area contributed by atoms with Crippen LogP contribution in [0.2, 0.25) is 0 Å². The van der Waals surface area contributed by atoms with Crippen LogP contribution in [0, 0.1) is 0 Å². The van der Waals surface area contributed by atoms with Gasteiger partial charge in [0.2, 0.25) is 0 Å². The van der Waals surface area contributed by atoms with Gasteiger partial charge in [0.05, 0.1) is 6.17 Å². The zero-order valence-corrected chi connectivity index (χ0v) is 10.5. The lowest BCUT2D eigenvalue weighted by Gasteiger charge is -2.13. The first-order chi connectivity index (χ1) is 8.72. The highest BCUT2D eigenvalue weighted by atomic mass is 16.6. The third-order valence-corrected chi connectivity index (χ3v) is 2.48. The maximum absolute atomic E-state index is 11.5. The fourth-order valence-corrected chi connectivity index (χ4v) is 1.53. The van der Waals surface area contributed by atoms with Gasteiger partial charge < -0.3 is 21.5 Å². The van der Waals surface area contributed by atoms with Crippen molar-refractivity contribution in [2.24, 2.45) is 11.5 Å². The molecule has 0 bridgehead atoms. The molecule has 0 heterocycles. The largest absolute Gasteiger partial charge is 0.413 e. The van der Waals surface area contributed by atoms with Gasteiger partial charge in [-0.15, -0.1) is 0 Å². The molecule has 5 heteroatoms. The van der Waals surface area contributed by atoms with Crippen molar-refractivity contribution >= 4 is 6.09 Å². The summed E-state index contributed by atoms with van der Waals surface area (Å²) < 4.78 is 5.06. The van der Waals surface area contributed by atoms with Crippen molar-refractivity contribution < 1.29 is 9.53 Å². The van der Waals surface area contributed by atoms with Gasteiger partial charge in [-0.1, -0.05) is 31.0 Å². The molecule has 0 saturated heterocycles. The normalized spacial score (nSPS) is 11.9. The number of nitrogens with one attached hydrogen (secondary N) is 1. The van der Waals surface area contributed by atoms with Gasteiger partial charge in [0.25, 0.3) is 0 Å². The van der Waals surface area contributed by atoms with E-state index in [9.17, 15) is 4.79 Å². The Labute approximate surface area is 107 Å². The molecule has 0 aliphatic carbocycles. The van der Waals surface area contributed by atoms with Crippen molar-refractivity contribution in [2.75, 3.05) is 6.54 Å². The molecular weight excluding hydrogens is 230 g/mol. The molecule has 5 nitrogen and oxygen atoms in total. The van der Waals surface area contributed by atoms with E-state index in [0.29, 0.717) is 12.3 Å². The molecule has 0 saturated carbocycles. The first-order valence-corrected chi connectivity index (χ1v) is 6.21. The summed E-state index contributed by atoms with van der Waals surface area (Å²) in [5, 5.41) is 2.59. The number of amides is 1. The van der Waals surface area contributed by atoms with Gasteiger partial charge in [0.15, 0.2) is 0 Å². The highest BCUT2D eigenvalue weighted by molar-refractivity contribution is 5.70. The SMILES string of the molecule is NCCCCCC(N)NC(=O)Oc1ccccc1. The van der Waals surface area contributed by atoms with Crippen LogP contribution in [-0.4, -0.2) is 18.8 Å². The van der Waals surface area contributed by atoms with Crippen molar-refractivity contribution in [1.82, 2.24) is 5.32 Å². The van der Waals surface area contributed by atoms with E-state index in [1.807, 2.05) is 6.07 Å². The zero-order valence-electron chi connectivity index (χ0n) is 10.5. The number of unbranched alkanes of at least 4 members (excludes halogenated alkanes) is 2. The summed E-state index contributed by atoms with van der Waals surface area (Å²) in [6.07, 6.45) is 2.79. The Bertz CT molecular complexity index is 343. The van der Waals surface area contributed by atoms with Gasteiger partial charge in [-0.2, -0.15) is 0 Å². The number of hydrogen-bond acceptors (Lipinski definition) is 4. The number of rotatable bonds is 7. The number of ether oxygens (including phenoxy) is 1. The second-order valence-corrected chi connectivity index (χ2v) is 4.09.